The van der Waals surface area contributed by atoms with E-state index in [0.717, 1.165) is 5.56 Å². The first kappa shape index (κ1) is 15.4. The van der Waals surface area contributed by atoms with Crippen LogP contribution < -0.4 is 5.32 Å². The third-order valence-corrected chi connectivity index (χ3v) is 3.83. The fourth-order valence-electron chi connectivity index (χ4n) is 2.78. The smallest absolute Gasteiger partial charge is 0.217 e. The van der Waals surface area contributed by atoms with Crippen molar-refractivity contribution >= 4 is 5.91 Å². The van der Waals surface area contributed by atoms with Crippen LogP contribution in [-0.2, 0) is 19.0 Å². The molecular weight excluding hydrogens is 290 g/mol. The normalized spacial score (nSPS) is 38.1. The number of carbonyl (C=O) groups is 1. The van der Waals surface area contributed by atoms with Crippen LogP contribution in [-0.4, -0.2) is 53.4 Å². The number of ether oxygens (including phenoxy) is 3. The maximum Gasteiger partial charge on any atom is 0.217 e. The second kappa shape index (κ2) is 6.31. The van der Waals surface area contributed by atoms with Gasteiger partial charge in [-0.15, -0.1) is 0 Å². The van der Waals surface area contributed by atoms with Crippen molar-refractivity contribution in [2.45, 2.75) is 43.9 Å². The fourth-order valence-corrected chi connectivity index (χ4v) is 2.78. The van der Waals surface area contributed by atoms with Crippen LogP contribution >= 0.6 is 0 Å². The van der Waals surface area contributed by atoms with E-state index in [0.29, 0.717) is 0 Å². The molecule has 2 aliphatic heterocycles. The number of rotatable bonds is 2. The Morgan fingerprint density at radius 3 is 2.64 bits per heavy atom. The summed E-state index contributed by atoms with van der Waals surface area (Å²) in [5, 5.41) is 22.8. The Hall–Kier alpha value is -1.51. The van der Waals surface area contributed by atoms with Gasteiger partial charge in [0.05, 0.1) is 6.61 Å². The van der Waals surface area contributed by atoms with Crippen molar-refractivity contribution in [1.29, 1.82) is 0 Å². The maximum atomic E-state index is 11.2. The first-order valence-corrected chi connectivity index (χ1v) is 7.17. The standard InChI is InChI=1S/C15H19NO6/c1-8(17)16-11-12(18)13-10(21-14(11)19)7-20-15(22-13)9-5-3-2-4-6-9/h2-6,10-15,18-19H,7H2,1H3,(H,16,17)/t10-,11+,12-,13-,14-,15+/m1/s1. The van der Waals surface area contributed by atoms with Gasteiger partial charge in [-0.2, -0.15) is 0 Å². The molecule has 1 amide bonds. The Kier molecular flexibility index (Phi) is 4.42. The molecule has 0 bridgehead atoms. The molecule has 2 heterocycles. The molecule has 7 heteroatoms. The van der Waals surface area contributed by atoms with Gasteiger partial charge in [-0.3, -0.25) is 4.79 Å². The number of benzene rings is 1. The number of hydrogen-bond donors (Lipinski definition) is 3. The summed E-state index contributed by atoms with van der Waals surface area (Å²) in [7, 11) is 0. The summed E-state index contributed by atoms with van der Waals surface area (Å²) in [5.74, 6) is -0.364. The highest BCUT2D eigenvalue weighted by atomic mass is 16.7. The number of amides is 1. The van der Waals surface area contributed by atoms with Gasteiger partial charge in [-0.25, -0.2) is 0 Å². The second-order valence-corrected chi connectivity index (χ2v) is 5.46. The van der Waals surface area contributed by atoms with E-state index in [1.807, 2.05) is 30.3 Å². The number of hydrogen-bond acceptors (Lipinski definition) is 6. The van der Waals surface area contributed by atoms with E-state index >= 15 is 0 Å². The molecule has 2 fully saturated rings. The fraction of sp³-hybridized carbons (Fsp3) is 0.533. The zero-order valence-electron chi connectivity index (χ0n) is 12.1. The molecule has 22 heavy (non-hydrogen) atoms. The average molecular weight is 309 g/mol. The summed E-state index contributed by atoms with van der Waals surface area (Å²) in [6.45, 7) is 1.49. The molecule has 0 spiro atoms. The summed E-state index contributed by atoms with van der Waals surface area (Å²) < 4.78 is 16.8. The zero-order chi connectivity index (χ0) is 15.7. The Bertz CT molecular complexity index is 524. The van der Waals surface area contributed by atoms with E-state index in [2.05, 4.69) is 5.32 Å². The van der Waals surface area contributed by atoms with E-state index in [-0.39, 0.29) is 12.5 Å². The van der Waals surface area contributed by atoms with Crippen LogP contribution in [0.5, 0.6) is 0 Å². The van der Waals surface area contributed by atoms with E-state index in [1.54, 1.807) is 0 Å². The molecule has 2 saturated heterocycles. The minimum atomic E-state index is -1.30. The van der Waals surface area contributed by atoms with Crippen LogP contribution in [0.25, 0.3) is 0 Å². The van der Waals surface area contributed by atoms with E-state index in [4.69, 9.17) is 14.2 Å². The van der Waals surface area contributed by atoms with Crippen LogP contribution in [0.3, 0.4) is 0 Å². The molecule has 1 aromatic carbocycles. The summed E-state index contributed by atoms with van der Waals surface area (Å²) in [6, 6.07) is 8.41. The molecule has 0 aromatic heterocycles. The number of fused-ring (bicyclic) bond motifs is 1. The third kappa shape index (κ3) is 2.99. The molecular formula is C15H19NO6. The summed E-state index contributed by atoms with van der Waals surface area (Å²) in [4.78, 5) is 11.2. The molecule has 0 radical (unpaired) electrons. The molecule has 120 valence electrons. The highest BCUT2D eigenvalue weighted by Crippen LogP contribution is 2.33. The van der Waals surface area contributed by atoms with Crippen molar-refractivity contribution in [3.63, 3.8) is 0 Å². The van der Waals surface area contributed by atoms with Crippen molar-refractivity contribution in [3.8, 4) is 0 Å². The van der Waals surface area contributed by atoms with Gasteiger partial charge in [-0.05, 0) is 0 Å². The number of aliphatic hydroxyl groups excluding tert-OH is 2. The van der Waals surface area contributed by atoms with Crippen LogP contribution in [0.1, 0.15) is 18.8 Å². The predicted octanol–water partition coefficient (Wildman–Crippen LogP) is -0.317. The van der Waals surface area contributed by atoms with Gasteiger partial charge in [-0.1, -0.05) is 30.3 Å². The summed E-state index contributed by atoms with van der Waals surface area (Å²) in [5.41, 5.74) is 0.829. The molecule has 7 nitrogen and oxygen atoms in total. The van der Waals surface area contributed by atoms with Gasteiger partial charge in [0.2, 0.25) is 5.91 Å². The quantitative estimate of drug-likeness (QED) is 0.693. The monoisotopic (exact) mass is 309 g/mol. The Balaban J connectivity index is 1.75. The van der Waals surface area contributed by atoms with Crippen LogP contribution in [0.15, 0.2) is 30.3 Å². The van der Waals surface area contributed by atoms with Crippen molar-refractivity contribution in [2.75, 3.05) is 6.61 Å². The van der Waals surface area contributed by atoms with Crippen LogP contribution in [0, 0.1) is 0 Å². The van der Waals surface area contributed by atoms with Gasteiger partial charge < -0.3 is 29.7 Å². The molecule has 1 aromatic rings. The Morgan fingerprint density at radius 1 is 1.23 bits per heavy atom. The van der Waals surface area contributed by atoms with Crippen LogP contribution in [0.2, 0.25) is 0 Å². The number of nitrogens with one attached hydrogen (secondary N) is 1. The molecule has 0 unspecified atom stereocenters. The zero-order valence-corrected chi connectivity index (χ0v) is 12.1. The van der Waals surface area contributed by atoms with Crippen molar-refractivity contribution in [3.05, 3.63) is 35.9 Å². The minimum absolute atomic E-state index is 0.186. The lowest BCUT2D eigenvalue weighted by Gasteiger charge is -2.46. The highest BCUT2D eigenvalue weighted by Gasteiger charge is 2.49. The lowest BCUT2D eigenvalue weighted by Crippen LogP contribution is -2.66. The minimum Gasteiger partial charge on any atom is -0.388 e. The lowest BCUT2D eigenvalue weighted by molar-refractivity contribution is -0.337. The molecule has 6 atom stereocenters. The van der Waals surface area contributed by atoms with Gasteiger partial charge in [0, 0.05) is 12.5 Å². The highest BCUT2D eigenvalue weighted by molar-refractivity contribution is 5.73. The van der Waals surface area contributed by atoms with Crippen molar-refractivity contribution in [2.24, 2.45) is 0 Å². The van der Waals surface area contributed by atoms with Gasteiger partial charge >= 0.3 is 0 Å². The molecule has 2 aliphatic rings. The first-order valence-electron chi connectivity index (χ1n) is 7.17. The number of aliphatic hydroxyl groups is 2. The van der Waals surface area contributed by atoms with Crippen molar-refractivity contribution < 1.29 is 29.2 Å². The van der Waals surface area contributed by atoms with E-state index in [9.17, 15) is 15.0 Å². The molecule has 0 aliphatic carbocycles. The first-order chi connectivity index (χ1) is 10.6. The van der Waals surface area contributed by atoms with Crippen LogP contribution in [0.4, 0.5) is 0 Å². The average Bonchev–Trinajstić information content (AvgIpc) is 2.52. The van der Waals surface area contributed by atoms with E-state index < -0.39 is 36.9 Å². The second-order valence-electron chi connectivity index (χ2n) is 5.46. The molecule has 3 N–H and O–H groups in total. The Morgan fingerprint density at radius 2 is 1.95 bits per heavy atom. The lowest BCUT2D eigenvalue weighted by atomic mass is 9.96. The largest absolute Gasteiger partial charge is 0.388 e. The third-order valence-electron chi connectivity index (χ3n) is 3.83. The summed E-state index contributed by atoms with van der Waals surface area (Å²) in [6.07, 6.45) is -4.29. The number of carbonyl (C=O) groups excluding carboxylic acids is 1. The topological polar surface area (TPSA) is 97.3 Å². The van der Waals surface area contributed by atoms with E-state index in [1.165, 1.54) is 6.92 Å². The SMILES string of the molecule is CC(=O)N[C@H]1[C@@H](O)[C@@H]2O[C@@H](c3ccccc3)OC[C@H]2O[C@H]1O. The van der Waals surface area contributed by atoms with Gasteiger partial charge in [0.15, 0.2) is 12.6 Å². The Labute approximate surface area is 127 Å². The van der Waals surface area contributed by atoms with Gasteiger partial charge in [0.1, 0.15) is 24.4 Å². The maximum absolute atomic E-state index is 11.2. The molecule has 3 rings (SSSR count). The molecule has 0 saturated carbocycles. The predicted molar refractivity (Wildman–Crippen MR) is 74.5 cm³/mol. The van der Waals surface area contributed by atoms with Crippen molar-refractivity contribution in [1.82, 2.24) is 5.32 Å². The van der Waals surface area contributed by atoms with Gasteiger partial charge in [0.25, 0.3) is 0 Å². The summed E-state index contributed by atoms with van der Waals surface area (Å²) >= 11 is 0.